The SMILES string of the molecule is c1cc(CN2CCC[C@H](c3nc4ccc(N5CCCC5)cn4n3)C2)ccn1. The minimum Gasteiger partial charge on any atom is -0.370 e. The van der Waals surface area contributed by atoms with Crippen LogP contribution in [0.1, 0.15) is 43.0 Å². The van der Waals surface area contributed by atoms with Crippen molar-refractivity contribution in [2.24, 2.45) is 0 Å². The molecule has 0 saturated carbocycles. The first kappa shape index (κ1) is 16.7. The second-order valence-electron chi connectivity index (χ2n) is 7.78. The second-order valence-corrected chi connectivity index (χ2v) is 7.78. The summed E-state index contributed by atoms with van der Waals surface area (Å²) in [6.45, 7) is 5.45. The van der Waals surface area contributed by atoms with Crippen molar-refractivity contribution in [2.45, 2.75) is 38.1 Å². The Bertz CT molecular complexity index is 899. The van der Waals surface area contributed by atoms with Gasteiger partial charge in [-0.25, -0.2) is 9.50 Å². The molecule has 6 nitrogen and oxygen atoms in total. The molecule has 2 aliphatic rings. The maximum Gasteiger partial charge on any atom is 0.156 e. The zero-order valence-corrected chi connectivity index (χ0v) is 15.7. The highest BCUT2D eigenvalue weighted by Crippen LogP contribution is 2.27. The molecule has 2 fully saturated rings. The highest BCUT2D eigenvalue weighted by Gasteiger charge is 2.25. The van der Waals surface area contributed by atoms with Crippen LogP contribution < -0.4 is 4.90 Å². The first-order valence-electron chi connectivity index (χ1n) is 10.1. The fraction of sp³-hybridized carbons (Fsp3) is 0.476. The van der Waals surface area contributed by atoms with Crippen LogP contribution in [0.15, 0.2) is 42.9 Å². The molecule has 2 saturated heterocycles. The molecule has 0 amide bonds. The van der Waals surface area contributed by atoms with Crippen LogP contribution in [0.5, 0.6) is 0 Å². The normalized spacial score (nSPS) is 21.2. The van der Waals surface area contributed by atoms with Crippen molar-refractivity contribution in [3.8, 4) is 0 Å². The molecule has 5 heterocycles. The Balaban J connectivity index is 1.33. The van der Waals surface area contributed by atoms with E-state index in [2.05, 4.69) is 45.2 Å². The smallest absolute Gasteiger partial charge is 0.156 e. The summed E-state index contributed by atoms with van der Waals surface area (Å²) in [6.07, 6.45) is 10.8. The van der Waals surface area contributed by atoms with Crippen LogP contribution in [0.2, 0.25) is 0 Å². The number of hydrogen-bond donors (Lipinski definition) is 0. The van der Waals surface area contributed by atoms with Crippen molar-refractivity contribution in [3.05, 3.63) is 54.2 Å². The molecule has 0 spiro atoms. The third-order valence-electron chi connectivity index (χ3n) is 5.83. The highest BCUT2D eigenvalue weighted by atomic mass is 15.3. The molecule has 0 N–H and O–H groups in total. The third kappa shape index (κ3) is 3.54. The van der Waals surface area contributed by atoms with Gasteiger partial charge >= 0.3 is 0 Å². The Hall–Kier alpha value is -2.47. The number of rotatable bonds is 4. The standard InChI is InChI=1S/C21H26N6/c1-2-13-26(12-1)19-5-6-20-23-21(24-27(20)16-19)18-4-3-11-25(15-18)14-17-7-9-22-10-8-17/h5-10,16,18H,1-4,11-15H2/t18-/m0/s1. The molecule has 0 unspecified atom stereocenters. The Morgan fingerprint density at radius 3 is 2.67 bits per heavy atom. The van der Waals surface area contributed by atoms with Gasteiger partial charge in [0.1, 0.15) is 0 Å². The Morgan fingerprint density at radius 2 is 1.81 bits per heavy atom. The third-order valence-corrected chi connectivity index (χ3v) is 5.83. The van der Waals surface area contributed by atoms with Gasteiger partial charge in [-0.3, -0.25) is 9.88 Å². The van der Waals surface area contributed by atoms with Gasteiger partial charge in [-0.05, 0) is 62.1 Å². The molecule has 27 heavy (non-hydrogen) atoms. The Labute approximate surface area is 159 Å². The van der Waals surface area contributed by atoms with Crippen LogP contribution in [-0.4, -0.2) is 50.7 Å². The lowest BCUT2D eigenvalue weighted by atomic mass is 9.97. The minimum absolute atomic E-state index is 0.413. The number of aromatic nitrogens is 4. The Morgan fingerprint density at radius 1 is 0.963 bits per heavy atom. The molecule has 140 valence electrons. The summed E-state index contributed by atoms with van der Waals surface area (Å²) in [5, 5.41) is 4.85. The second kappa shape index (κ2) is 7.27. The van der Waals surface area contributed by atoms with Crippen molar-refractivity contribution in [1.29, 1.82) is 0 Å². The van der Waals surface area contributed by atoms with E-state index < -0.39 is 0 Å². The molecular weight excluding hydrogens is 336 g/mol. The van der Waals surface area contributed by atoms with E-state index in [0.29, 0.717) is 5.92 Å². The van der Waals surface area contributed by atoms with E-state index in [0.717, 1.165) is 44.2 Å². The molecule has 1 atom stereocenters. The molecule has 0 radical (unpaired) electrons. The number of likely N-dealkylation sites (tertiary alicyclic amines) is 1. The van der Waals surface area contributed by atoms with E-state index in [9.17, 15) is 0 Å². The van der Waals surface area contributed by atoms with Gasteiger partial charge in [0.2, 0.25) is 0 Å². The van der Waals surface area contributed by atoms with Gasteiger partial charge in [0.15, 0.2) is 11.5 Å². The number of piperidine rings is 1. The largest absolute Gasteiger partial charge is 0.370 e. The molecule has 2 aliphatic heterocycles. The number of fused-ring (bicyclic) bond motifs is 1. The van der Waals surface area contributed by atoms with E-state index in [-0.39, 0.29) is 0 Å². The summed E-state index contributed by atoms with van der Waals surface area (Å²) in [6, 6.07) is 8.51. The molecule has 5 rings (SSSR count). The number of pyridine rings is 2. The maximum atomic E-state index is 4.85. The molecular formula is C21H26N6. The van der Waals surface area contributed by atoms with E-state index >= 15 is 0 Å². The number of hydrogen-bond acceptors (Lipinski definition) is 5. The first-order valence-corrected chi connectivity index (χ1v) is 10.1. The molecule has 3 aromatic heterocycles. The topological polar surface area (TPSA) is 49.6 Å². The van der Waals surface area contributed by atoms with Crippen molar-refractivity contribution in [1.82, 2.24) is 24.5 Å². The summed E-state index contributed by atoms with van der Waals surface area (Å²) >= 11 is 0. The van der Waals surface area contributed by atoms with Gasteiger partial charge in [-0.2, -0.15) is 5.10 Å². The van der Waals surface area contributed by atoms with Gasteiger partial charge < -0.3 is 4.90 Å². The van der Waals surface area contributed by atoms with E-state index in [1.54, 1.807) is 0 Å². The van der Waals surface area contributed by atoms with Gasteiger partial charge in [0, 0.05) is 44.5 Å². The maximum absolute atomic E-state index is 4.85. The zero-order valence-electron chi connectivity index (χ0n) is 15.7. The molecule has 0 aromatic carbocycles. The van der Waals surface area contributed by atoms with Gasteiger partial charge in [-0.1, -0.05) is 0 Å². The summed E-state index contributed by atoms with van der Waals surface area (Å²) in [5.74, 6) is 1.41. The summed E-state index contributed by atoms with van der Waals surface area (Å²) in [7, 11) is 0. The average molecular weight is 362 g/mol. The summed E-state index contributed by atoms with van der Waals surface area (Å²) in [4.78, 5) is 13.9. The molecule has 0 bridgehead atoms. The molecule has 0 aliphatic carbocycles. The van der Waals surface area contributed by atoms with Crippen molar-refractivity contribution < 1.29 is 0 Å². The fourth-order valence-electron chi connectivity index (χ4n) is 4.38. The van der Waals surface area contributed by atoms with Crippen LogP contribution in [0, 0.1) is 0 Å². The van der Waals surface area contributed by atoms with Crippen LogP contribution in [-0.2, 0) is 6.54 Å². The lowest BCUT2D eigenvalue weighted by Gasteiger charge is -2.31. The molecule has 6 heteroatoms. The summed E-state index contributed by atoms with van der Waals surface area (Å²) < 4.78 is 1.98. The van der Waals surface area contributed by atoms with Gasteiger partial charge in [0.25, 0.3) is 0 Å². The van der Waals surface area contributed by atoms with E-state index in [1.165, 1.54) is 36.9 Å². The monoisotopic (exact) mass is 362 g/mol. The molecule has 3 aromatic rings. The lowest BCUT2D eigenvalue weighted by molar-refractivity contribution is 0.196. The van der Waals surface area contributed by atoms with Gasteiger partial charge in [0.05, 0.1) is 11.9 Å². The Kier molecular flexibility index (Phi) is 4.49. The minimum atomic E-state index is 0.413. The number of nitrogens with zero attached hydrogens (tertiary/aromatic N) is 6. The van der Waals surface area contributed by atoms with Crippen LogP contribution in [0.25, 0.3) is 5.65 Å². The fourth-order valence-corrected chi connectivity index (χ4v) is 4.38. The lowest BCUT2D eigenvalue weighted by Crippen LogP contribution is -2.34. The zero-order chi connectivity index (χ0) is 18.1. The highest BCUT2D eigenvalue weighted by molar-refractivity contribution is 5.51. The average Bonchev–Trinajstić information content (AvgIpc) is 3.38. The van der Waals surface area contributed by atoms with Gasteiger partial charge in [-0.15, -0.1) is 0 Å². The van der Waals surface area contributed by atoms with Crippen molar-refractivity contribution in [2.75, 3.05) is 31.1 Å². The van der Waals surface area contributed by atoms with Crippen LogP contribution >= 0.6 is 0 Å². The van der Waals surface area contributed by atoms with Crippen molar-refractivity contribution in [3.63, 3.8) is 0 Å². The van der Waals surface area contributed by atoms with E-state index in [4.69, 9.17) is 10.1 Å². The van der Waals surface area contributed by atoms with E-state index in [1.807, 2.05) is 16.9 Å². The van der Waals surface area contributed by atoms with Crippen molar-refractivity contribution >= 4 is 11.3 Å². The quantitative estimate of drug-likeness (QED) is 0.714. The summed E-state index contributed by atoms with van der Waals surface area (Å²) in [5.41, 5.74) is 3.54. The van der Waals surface area contributed by atoms with Crippen LogP contribution in [0.4, 0.5) is 5.69 Å². The van der Waals surface area contributed by atoms with Crippen LogP contribution in [0.3, 0.4) is 0 Å². The predicted octanol–water partition coefficient (Wildman–Crippen LogP) is 3.10. The first-order chi connectivity index (χ1) is 13.3. The number of anilines is 1. The predicted molar refractivity (Wildman–Crippen MR) is 106 cm³/mol.